The lowest BCUT2D eigenvalue weighted by molar-refractivity contribution is -0.123. The van der Waals surface area contributed by atoms with Crippen LogP contribution >= 0.6 is 0 Å². The van der Waals surface area contributed by atoms with Crippen molar-refractivity contribution in [1.29, 1.82) is 0 Å². The number of Topliss-reactive ketones (excluding diaryl/α,β-unsaturated/α-hetero) is 1. The third kappa shape index (κ3) is 3.53. The first-order valence-corrected chi connectivity index (χ1v) is 6.60. The summed E-state index contributed by atoms with van der Waals surface area (Å²) in [6.07, 6.45) is 2.08. The van der Waals surface area contributed by atoms with Crippen molar-refractivity contribution in [2.45, 2.75) is 46.6 Å². The number of aryl methyl sites for hydroxylation is 1. The molecule has 0 atom stereocenters. The standard InChI is InChI=1S/C15H24N2O2/c1-7-17-15(4,5)13(18)8-12-11(3)14(19-6)10(2)9-16-12/h9,17H,7-8H2,1-6H3. The van der Waals surface area contributed by atoms with Crippen molar-refractivity contribution >= 4 is 5.78 Å². The maximum absolute atomic E-state index is 12.3. The molecule has 19 heavy (non-hydrogen) atoms. The topological polar surface area (TPSA) is 51.2 Å². The average Bonchev–Trinajstić information content (AvgIpc) is 2.33. The van der Waals surface area contributed by atoms with Crippen LogP contribution in [0.2, 0.25) is 0 Å². The van der Waals surface area contributed by atoms with Gasteiger partial charge in [-0.05, 0) is 34.2 Å². The van der Waals surface area contributed by atoms with E-state index in [1.165, 1.54) is 0 Å². The van der Waals surface area contributed by atoms with Gasteiger partial charge in [-0.15, -0.1) is 0 Å². The fraction of sp³-hybridized carbons (Fsp3) is 0.600. The molecule has 0 saturated carbocycles. The van der Waals surface area contributed by atoms with Gasteiger partial charge < -0.3 is 10.1 Å². The van der Waals surface area contributed by atoms with Crippen LogP contribution in [0.5, 0.6) is 5.75 Å². The van der Waals surface area contributed by atoms with Gasteiger partial charge in [-0.25, -0.2) is 0 Å². The molecule has 0 aliphatic carbocycles. The molecule has 4 nitrogen and oxygen atoms in total. The summed E-state index contributed by atoms with van der Waals surface area (Å²) in [5.41, 5.74) is 2.20. The average molecular weight is 264 g/mol. The monoisotopic (exact) mass is 264 g/mol. The van der Waals surface area contributed by atoms with Crippen LogP contribution in [0.3, 0.4) is 0 Å². The summed E-state index contributed by atoms with van der Waals surface area (Å²) >= 11 is 0. The molecule has 0 bridgehead atoms. The van der Waals surface area contributed by atoms with Crippen LogP contribution in [-0.4, -0.2) is 30.0 Å². The second-order valence-corrected chi connectivity index (χ2v) is 5.30. The molecule has 0 saturated heterocycles. The number of hydrogen-bond acceptors (Lipinski definition) is 4. The van der Waals surface area contributed by atoms with Crippen LogP contribution in [0.4, 0.5) is 0 Å². The molecule has 1 aromatic rings. The Morgan fingerprint density at radius 1 is 1.42 bits per heavy atom. The molecule has 1 N–H and O–H groups in total. The van der Waals surface area contributed by atoms with Crippen molar-refractivity contribution in [2.75, 3.05) is 13.7 Å². The van der Waals surface area contributed by atoms with E-state index in [2.05, 4.69) is 10.3 Å². The molecule has 1 heterocycles. The van der Waals surface area contributed by atoms with Gasteiger partial charge in [-0.1, -0.05) is 6.92 Å². The van der Waals surface area contributed by atoms with Crippen LogP contribution in [0.25, 0.3) is 0 Å². The van der Waals surface area contributed by atoms with Crippen molar-refractivity contribution < 1.29 is 9.53 Å². The van der Waals surface area contributed by atoms with E-state index in [4.69, 9.17) is 4.74 Å². The number of hydrogen-bond donors (Lipinski definition) is 1. The van der Waals surface area contributed by atoms with Crippen molar-refractivity contribution in [1.82, 2.24) is 10.3 Å². The predicted octanol–water partition coefficient (Wildman–Crippen LogP) is 2.21. The minimum absolute atomic E-state index is 0.135. The van der Waals surface area contributed by atoms with E-state index in [0.29, 0.717) is 6.42 Å². The number of carbonyl (C=O) groups excluding carboxylic acids is 1. The predicted molar refractivity (Wildman–Crippen MR) is 76.7 cm³/mol. The van der Waals surface area contributed by atoms with Crippen molar-refractivity contribution in [3.63, 3.8) is 0 Å². The number of aromatic nitrogens is 1. The summed E-state index contributed by atoms with van der Waals surface area (Å²) < 4.78 is 5.36. The molecule has 0 unspecified atom stereocenters. The molecule has 0 fully saturated rings. The van der Waals surface area contributed by atoms with Gasteiger partial charge in [0.15, 0.2) is 5.78 Å². The van der Waals surface area contributed by atoms with Crippen LogP contribution in [0.1, 0.15) is 37.6 Å². The molecular formula is C15H24N2O2. The summed E-state index contributed by atoms with van der Waals surface area (Å²) in [6.45, 7) is 10.5. The Morgan fingerprint density at radius 2 is 2.05 bits per heavy atom. The zero-order chi connectivity index (χ0) is 14.6. The summed E-state index contributed by atoms with van der Waals surface area (Å²) in [7, 11) is 1.64. The lowest BCUT2D eigenvalue weighted by Crippen LogP contribution is -2.47. The third-order valence-corrected chi connectivity index (χ3v) is 3.39. The Labute approximate surface area is 115 Å². The smallest absolute Gasteiger partial charge is 0.158 e. The van der Waals surface area contributed by atoms with E-state index in [9.17, 15) is 4.79 Å². The van der Waals surface area contributed by atoms with Crippen LogP contribution < -0.4 is 10.1 Å². The van der Waals surface area contributed by atoms with Crippen LogP contribution in [-0.2, 0) is 11.2 Å². The van der Waals surface area contributed by atoms with E-state index in [1.54, 1.807) is 13.3 Å². The fourth-order valence-electron chi connectivity index (χ4n) is 2.16. The molecule has 1 aromatic heterocycles. The van der Waals surface area contributed by atoms with E-state index in [1.807, 2.05) is 34.6 Å². The fourth-order valence-corrected chi connectivity index (χ4v) is 2.16. The number of pyridine rings is 1. The number of methoxy groups -OCH3 is 1. The second-order valence-electron chi connectivity index (χ2n) is 5.30. The first kappa shape index (κ1) is 15.6. The Hall–Kier alpha value is -1.42. The highest BCUT2D eigenvalue weighted by Gasteiger charge is 2.27. The minimum atomic E-state index is -0.527. The molecule has 0 spiro atoms. The van der Waals surface area contributed by atoms with Gasteiger partial charge in [0.2, 0.25) is 0 Å². The quantitative estimate of drug-likeness (QED) is 0.856. The van der Waals surface area contributed by atoms with E-state index >= 15 is 0 Å². The zero-order valence-electron chi connectivity index (χ0n) is 12.8. The molecule has 1 rings (SSSR count). The van der Waals surface area contributed by atoms with Crippen molar-refractivity contribution in [3.05, 3.63) is 23.0 Å². The molecule has 0 aliphatic rings. The first-order valence-electron chi connectivity index (χ1n) is 6.60. The summed E-state index contributed by atoms with van der Waals surface area (Å²) in [5, 5.41) is 3.19. The molecular weight excluding hydrogens is 240 g/mol. The summed E-state index contributed by atoms with van der Waals surface area (Å²) in [4.78, 5) is 16.7. The number of ketones is 1. The number of ether oxygens (including phenoxy) is 1. The van der Waals surface area contributed by atoms with Gasteiger partial charge >= 0.3 is 0 Å². The number of rotatable bonds is 6. The normalized spacial score (nSPS) is 11.5. The Kier molecular flexibility index (Phi) is 5.06. The SMILES string of the molecule is CCNC(C)(C)C(=O)Cc1ncc(C)c(OC)c1C. The van der Waals surface area contributed by atoms with Gasteiger partial charge in [0.1, 0.15) is 5.75 Å². The number of likely N-dealkylation sites (N-methyl/N-ethyl adjacent to an activating group) is 1. The number of carbonyl (C=O) groups is 1. The Balaban J connectivity index is 2.98. The maximum atomic E-state index is 12.3. The highest BCUT2D eigenvalue weighted by molar-refractivity contribution is 5.89. The third-order valence-electron chi connectivity index (χ3n) is 3.39. The van der Waals surface area contributed by atoms with Gasteiger partial charge in [-0.3, -0.25) is 9.78 Å². The number of nitrogens with zero attached hydrogens (tertiary/aromatic N) is 1. The van der Waals surface area contributed by atoms with E-state index < -0.39 is 5.54 Å². The lowest BCUT2D eigenvalue weighted by Gasteiger charge is -2.24. The van der Waals surface area contributed by atoms with Gasteiger partial charge in [0.25, 0.3) is 0 Å². The van der Waals surface area contributed by atoms with Gasteiger partial charge in [0.05, 0.1) is 24.8 Å². The highest BCUT2D eigenvalue weighted by Crippen LogP contribution is 2.25. The highest BCUT2D eigenvalue weighted by atomic mass is 16.5. The van der Waals surface area contributed by atoms with Crippen molar-refractivity contribution in [2.24, 2.45) is 0 Å². The Bertz CT molecular complexity index is 467. The number of nitrogens with one attached hydrogen (secondary N) is 1. The minimum Gasteiger partial charge on any atom is -0.496 e. The van der Waals surface area contributed by atoms with Gasteiger partial charge in [0, 0.05) is 17.3 Å². The van der Waals surface area contributed by atoms with Crippen LogP contribution in [0.15, 0.2) is 6.20 Å². The van der Waals surface area contributed by atoms with Crippen molar-refractivity contribution in [3.8, 4) is 5.75 Å². The summed E-state index contributed by atoms with van der Waals surface area (Å²) in [5.74, 6) is 0.954. The largest absolute Gasteiger partial charge is 0.496 e. The first-order chi connectivity index (χ1) is 8.83. The molecule has 0 amide bonds. The Morgan fingerprint density at radius 3 is 2.58 bits per heavy atom. The molecule has 0 aromatic carbocycles. The maximum Gasteiger partial charge on any atom is 0.158 e. The molecule has 4 heteroatoms. The lowest BCUT2D eigenvalue weighted by atomic mass is 9.93. The van der Waals surface area contributed by atoms with Crippen LogP contribution in [0, 0.1) is 13.8 Å². The van der Waals surface area contributed by atoms with E-state index in [0.717, 1.165) is 29.1 Å². The molecule has 0 aliphatic heterocycles. The molecule has 106 valence electrons. The zero-order valence-corrected chi connectivity index (χ0v) is 12.8. The van der Waals surface area contributed by atoms with Gasteiger partial charge in [-0.2, -0.15) is 0 Å². The van der Waals surface area contributed by atoms with E-state index in [-0.39, 0.29) is 5.78 Å². The molecule has 0 radical (unpaired) electrons. The summed E-state index contributed by atoms with van der Waals surface area (Å²) in [6, 6.07) is 0. The second kappa shape index (κ2) is 6.15.